The van der Waals surface area contributed by atoms with Gasteiger partial charge in [0.2, 0.25) is 12.4 Å². The van der Waals surface area contributed by atoms with Crippen LogP contribution in [0.2, 0.25) is 0 Å². The van der Waals surface area contributed by atoms with Gasteiger partial charge in [-0.25, -0.2) is 0 Å². The summed E-state index contributed by atoms with van der Waals surface area (Å²) in [5.74, 6) is -3.00. The molecule has 0 spiro atoms. The second-order valence-electron chi connectivity index (χ2n) is 9.33. The molecule has 42 heavy (non-hydrogen) atoms. The number of ether oxygens (including phenoxy) is 7. The van der Waals surface area contributed by atoms with E-state index in [-0.39, 0.29) is 17.4 Å². The van der Waals surface area contributed by atoms with Crippen LogP contribution in [0, 0.1) is 0 Å². The van der Waals surface area contributed by atoms with Gasteiger partial charge in [-0.3, -0.25) is 24.0 Å². The normalized spacial score (nSPS) is 21.6. The molecule has 1 N–H and O–H groups in total. The van der Waals surface area contributed by atoms with Crippen molar-refractivity contribution in [1.29, 1.82) is 0 Å². The molecule has 1 aromatic carbocycles. The summed E-state index contributed by atoms with van der Waals surface area (Å²) < 4.78 is 38.7. The summed E-state index contributed by atoms with van der Waals surface area (Å²) in [6.45, 7) is 11.1. The Labute approximate surface area is 244 Å². The Morgan fingerprint density at radius 1 is 0.833 bits per heavy atom. The van der Waals surface area contributed by atoms with Gasteiger partial charge in [-0.2, -0.15) is 0 Å². The van der Waals surface area contributed by atoms with Gasteiger partial charge in [0.25, 0.3) is 5.91 Å². The predicted octanol–water partition coefficient (Wildman–Crippen LogP) is 1.23. The van der Waals surface area contributed by atoms with Gasteiger partial charge < -0.3 is 43.4 Å². The second kappa shape index (κ2) is 16.5. The minimum Gasteiger partial charge on any atom is -0.493 e. The van der Waals surface area contributed by atoms with Gasteiger partial charge in [-0.1, -0.05) is 13.8 Å². The van der Waals surface area contributed by atoms with Crippen LogP contribution in [0.5, 0.6) is 11.5 Å². The zero-order valence-corrected chi connectivity index (χ0v) is 25.0. The topological polar surface area (TPSA) is 165 Å². The number of likely N-dealkylation sites (N-methyl/N-ethyl adjacent to an activating group) is 1. The lowest BCUT2D eigenvalue weighted by Gasteiger charge is -2.44. The summed E-state index contributed by atoms with van der Waals surface area (Å²) in [7, 11) is 1.37. The molecule has 1 aliphatic rings. The second-order valence-corrected chi connectivity index (χ2v) is 9.33. The van der Waals surface area contributed by atoms with Crippen molar-refractivity contribution in [2.24, 2.45) is 0 Å². The van der Waals surface area contributed by atoms with Gasteiger partial charge in [-0.15, -0.1) is 0 Å². The van der Waals surface area contributed by atoms with E-state index >= 15 is 0 Å². The molecule has 1 aliphatic heterocycles. The molecule has 0 aliphatic carbocycles. The third-order valence-corrected chi connectivity index (χ3v) is 6.23. The van der Waals surface area contributed by atoms with Crippen molar-refractivity contribution in [1.82, 2.24) is 10.2 Å². The summed E-state index contributed by atoms with van der Waals surface area (Å²) in [6, 6.07) is 4.44. The molecule has 1 aromatic rings. The number of carbonyl (C=O) groups is 5. The van der Waals surface area contributed by atoms with Gasteiger partial charge >= 0.3 is 23.9 Å². The highest BCUT2D eigenvalue weighted by Gasteiger charge is 2.53. The van der Waals surface area contributed by atoms with Crippen LogP contribution in [-0.4, -0.2) is 105 Å². The van der Waals surface area contributed by atoms with Crippen LogP contribution in [0.4, 0.5) is 0 Å². The van der Waals surface area contributed by atoms with Gasteiger partial charge in [0, 0.05) is 46.3 Å². The quantitative estimate of drug-likeness (QED) is 0.241. The first-order valence-electron chi connectivity index (χ1n) is 13.6. The van der Waals surface area contributed by atoms with E-state index in [9.17, 15) is 24.0 Å². The number of benzene rings is 1. The first kappa shape index (κ1) is 34.3. The minimum absolute atomic E-state index is 0.0955. The number of nitrogens with zero attached hydrogens (tertiary/aromatic N) is 1. The molecule has 1 saturated heterocycles. The van der Waals surface area contributed by atoms with Crippen molar-refractivity contribution in [3.05, 3.63) is 23.8 Å². The molecule has 14 heteroatoms. The van der Waals surface area contributed by atoms with Crippen LogP contribution in [-0.2, 0) is 42.9 Å². The smallest absolute Gasteiger partial charge is 0.303 e. The molecule has 1 amide bonds. The van der Waals surface area contributed by atoms with Crippen LogP contribution in [0.15, 0.2) is 18.2 Å². The van der Waals surface area contributed by atoms with Gasteiger partial charge in [0.1, 0.15) is 12.7 Å². The van der Waals surface area contributed by atoms with Crippen molar-refractivity contribution in [2.75, 3.05) is 39.9 Å². The van der Waals surface area contributed by atoms with E-state index in [1.165, 1.54) is 32.2 Å². The Morgan fingerprint density at radius 2 is 1.43 bits per heavy atom. The van der Waals surface area contributed by atoms with Gasteiger partial charge in [-0.05, 0) is 31.3 Å². The average molecular weight is 597 g/mol. The van der Waals surface area contributed by atoms with Crippen LogP contribution in [0.25, 0.3) is 0 Å². The third kappa shape index (κ3) is 10.2. The minimum atomic E-state index is -1.45. The Kier molecular flexibility index (Phi) is 13.5. The molecule has 14 nitrogen and oxygen atoms in total. The van der Waals surface area contributed by atoms with E-state index in [2.05, 4.69) is 10.2 Å². The number of carbonyl (C=O) groups excluding carboxylic acids is 5. The number of esters is 4. The van der Waals surface area contributed by atoms with Crippen molar-refractivity contribution in [3.8, 4) is 11.5 Å². The van der Waals surface area contributed by atoms with Crippen LogP contribution in [0.1, 0.15) is 51.9 Å². The highest BCUT2D eigenvalue weighted by atomic mass is 16.7. The van der Waals surface area contributed by atoms with Crippen molar-refractivity contribution in [2.45, 2.75) is 72.2 Å². The van der Waals surface area contributed by atoms with Crippen molar-refractivity contribution < 1.29 is 57.1 Å². The fourth-order valence-corrected chi connectivity index (χ4v) is 4.28. The number of hydrogen-bond acceptors (Lipinski definition) is 13. The van der Waals surface area contributed by atoms with Crippen molar-refractivity contribution in [3.63, 3.8) is 0 Å². The lowest BCUT2D eigenvalue weighted by atomic mass is 9.98. The zero-order chi connectivity index (χ0) is 31.4. The summed E-state index contributed by atoms with van der Waals surface area (Å²) in [6.07, 6.45) is -6.76. The van der Waals surface area contributed by atoms with E-state index in [1.807, 2.05) is 13.8 Å². The van der Waals surface area contributed by atoms with E-state index in [0.717, 1.165) is 33.9 Å². The Morgan fingerprint density at radius 3 is 1.98 bits per heavy atom. The lowest BCUT2D eigenvalue weighted by Crippen LogP contribution is -2.63. The maximum absolute atomic E-state index is 12.7. The molecule has 0 aromatic heterocycles. The standard InChI is InChI=1S/C28H40N2O12/c1-8-30(9-2)13-12-29-27(35)20-10-11-21(22(14-20)36-7)41-28-26(40-19(6)34)25(39-18(5)33)24(38-17(4)32)23(42-28)15-37-16(3)31/h10-11,14,23-26,28H,8-9,12-13,15H2,1-7H3,(H,29,35)/t23-,24+,25+,26+,28+/m0/s1. The molecule has 0 unspecified atom stereocenters. The average Bonchev–Trinajstić information content (AvgIpc) is 2.92. The molecule has 2 rings (SSSR count). The molecule has 1 fully saturated rings. The molecule has 234 valence electrons. The third-order valence-electron chi connectivity index (χ3n) is 6.23. The SMILES string of the molecule is CCN(CC)CCNC(=O)c1ccc(O[C@@H]2O[C@@H](COC(C)=O)[C@@H](OC(C)=O)[C@@H](OC(C)=O)[C@H]2OC(C)=O)c(OC)c1. The first-order valence-corrected chi connectivity index (χ1v) is 13.6. The molecular formula is C28H40N2O12. The van der Waals surface area contributed by atoms with Gasteiger partial charge in [0.05, 0.1) is 7.11 Å². The molecule has 1 heterocycles. The molecule has 0 radical (unpaired) electrons. The van der Waals surface area contributed by atoms with Crippen LogP contribution < -0.4 is 14.8 Å². The largest absolute Gasteiger partial charge is 0.493 e. The predicted molar refractivity (Wildman–Crippen MR) is 146 cm³/mol. The highest BCUT2D eigenvalue weighted by Crippen LogP contribution is 2.35. The van der Waals surface area contributed by atoms with Crippen LogP contribution >= 0.6 is 0 Å². The maximum atomic E-state index is 12.7. The first-order chi connectivity index (χ1) is 19.9. The number of hydrogen-bond donors (Lipinski definition) is 1. The van der Waals surface area contributed by atoms with Crippen molar-refractivity contribution >= 4 is 29.8 Å². The van der Waals surface area contributed by atoms with E-state index < -0.39 is 61.2 Å². The highest BCUT2D eigenvalue weighted by molar-refractivity contribution is 5.94. The molecule has 0 bridgehead atoms. The monoisotopic (exact) mass is 596 g/mol. The molecular weight excluding hydrogens is 556 g/mol. The van der Waals surface area contributed by atoms with Gasteiger partial charge in [0.15, 0.2) is 23.7 Å². The van der Waals surface area contributed by atoms with E-state index in [4.69, 9.17) is 33.2 Å². The maximum Gasteiger partial charge on any atom is 0.303 e. The zero-order valence-electron chi connectivity index (χ0n) is 25.0. The summed E-state index contributed by atoms with van der Waals surface area (Å²) in [5, 5.41) is 2.86. The number of nitrogens with one attached hydrogen (secondary N) is 1. The fourth-order valence-electron chi connectivity index (χ4n) is 4.28. The molecule has 0 saturated carbocycles. The Bertz CT molecular complexity index is 1110. The Balaban J connectivity index is 2.39. The number of amides is 1. The lowest BCUT2D eigenvalue weighted by molar-refractivity contribution is -0.288. The number of methoxy groups -OCH3 is 1. The molecule has 5 atom stereocenters. The number of rotatable bonds is 14. The summed E-state index contributed by atoms with van der Waals surface area (Å²) >= 11 is 0. The summed E-state index contributed by atoms with van der Waals surface area (Å²) in [4.78, 5) is 62.4. The Hall–Kier alpha value is -3.91. The van der Waals surface area contributed by atoms with E-state index in [1.54, 1.807) is 0 Å². The summed E-state index contributed by atoms with van der Waals surface area (Å²) in [5.41, 5.74) is 0.306. The fraction of sp³-hybridized carbons (Fsp3) is 0.607. The van der Waals surface area contributed by atoms with E-state index in [0.29, 0.717) is 18.7 Å². The van der Waals surface area contributed by atoms with Crippen LogP contribution in [0.3, 0.4) is 0 Å².